The third kappa shape index (κ3) is 4.25. The first-order valence-electron chi connectivity index (χ1n) is 8.15. The zero-order chi connectivity index (χ0) is 16.9. The molecule has 5 nitrogen and oxygen atoms in total. The normalized spacial score (nSPS) is 14.2. The second-order valence-electron chi connectivity index (χ2n) is 5.64. The quantitative estimate of drug-likeness (QED) is 0.714. The van der Waals surface area contributed by atoms with Crippen LogP contribution in [-0.4, -0.2) is 33.4 Å². The maximum atomic E-state index is 12.5. The molecule has 1 aliphatic carbocycles. The molecule has 0 aliphatic heterocycles. The van der Waals surface area contributed by atoms with Gasteiger partial charge in [-0.2, -0.15) is 0 Å². The van der Waals surface area contributed by atoms with Gasteiger partial charge in [-0.25, -0.2) is 13.2 Å². The van der Waals surface area contributed by atoms with Gasteiger partial charge in [-0.05, 0) is 62.3 Å². The molecule has 0 saturated heterocycles. The fourth-order valence-electron chi connectivity index (χ4n) is 2.95. The number of hydrogen-bond acceptors (Lipinski definition) is 5. The van der Waals surface area contributed by atoms with Crippen LogP contribution in [0.5, 0.6) is 5.75 Å². The van der Waals surface area contributed by atoms with Crippen molar-refractivity contribution in [3.63, 3.8) is 0 Å². The number of sulfone groups is 1. The van der Waals surface area contributed by atoms with Crippen LogP contribution in [0.1, 0.15) is 44.2 Å². The van der Waals surface area contributed by atoms with Crippen molar-refractivity contribution in [1.82, 2.24) is 0 Å². The number of esters is 1. The van der Waals surface area contributed by atoms with Crippen LogP contribution in [0.25, 0.3) is 0 Å². The Morgan fingerprint density at radius 2 is 1.83 bits per heavy atom. The number of rotatable bonds is 7. The number of ether oxygens (including phenoxy) is 2. The van der Waals surface area contributed by atoms with Crippen molar-refractivity contribution in [1.29, 1.82) is 0 Å². The van der Waals surface area contributed by atoms with Gasteiger partial charge in [0.05, 0.1) is 17.3 Å². The van der Waals surface area contributed by atoms with Crippen LogP contribution in [0.3, 0.4) is 0 Å². The van der Waals surface area contributed by atoms with E-state index >= 15 is 0 Å². The van der Waals surface area contributed by atoms with Crippen molar-refractivity contribution in [3.05, 3.63) is 23.3 Å². The maximum Gasteiger partial charge on any atom is 0.344 e. The third-order valence-electron chi connectivity index (χ3n) is 3.91. The van der Waals surface area contributed by atoms with Gasteiger partial charge in [0.1, 0.15) is 5.75 Å². The summed E-state index contributed by atoms with van der Waals surface area (Å²) in [6.07, 6.45) is 4.09. The van der Waals surface area contributed by atoms with E-state index in [1.54, 1.807) is 19.1 Å². The molecule has 0 bridgehead atoms. The van der Waals surface area contributed by atoms with Gasteiger partial charge in [0.25, 0.3) is 0 Å². The van der Waals surface area contributed by atoms with E-state index in [-0.39, 0.29) is 12.4 Å². The SMILES string of the molecule is CCCS(=O)(=O)c1ccc(OCC(=O)OCC)c2c1CCCC2. The molecule has 128 valence electrons. The molecule has 0 heterocycles. The highest BCUT2D eigenvalue weighted by Gasteiger charge is 2.25. The summed E-state index contributed by atoms with van der Waals surface area (Å²) in [6, 6.07) is 3.29. The molecule has 1 aliphatic rings. The van der Waals surface area contributed by atoms with E-state index < -0.39 is 15.8 Å². The summed E-state index contributed by atoms with van der Waals surface area (Å²) in [5.74, 6) is 0.339. The predicted octanol–water partition coefficient (Wildman–Crippen LogP) is 2.69. The molecule has 0 aromatic heterocycles. The summed E-state index contributed by atoms with van der Waals surface area (Å²) in [5.41, 5.74) is 1.80. The summed E-state index contributed by atoms with van der Waals surface area (Å²) < 4.78 is 35.3. The van der Waals surface area contributed by atoms with Crippen LogP contribution in [0, 0.1) is 0 Å². The fourth-order valence-corrected chi connectivity index (χ4v) is 4.58. The molecule has 6 heteroatoms. The molecule has 2 rings (SSSR count). The van der Waals surface area contributed by atoms with Crippen LogP contribution in [-0.2, 0) is 32.2 Å². The van der Waals surface area contributed by atoms with Gasteiger partial charge in [0.15, 0.2) is 16.4 Å². The van der Waals surface area contributed by atoms with Crippen LogP contribution in [0.15, 0.2) is 17.0 Å². The second kappa shape index (κ2) is 7.81. The summed E-state index contributed by atoms with van der Waals surface area (Å²) in [4.78, 5) is 11.9. The molecule has 0 unspecified atom stereocenters. The van der Waals surface area contributed by atoms with Crippen molar-refractivity contribution in [3.8, 4) is 5.75 Å². The molecule has 1 aromatic rings. The number of carbonyl (C=O) groups excluding carboxylic acids is 1. The highest BCUT2D eigenvalue weighted by Crippen LogP contribution is 2.35. The Morgan fingerprint density at radius 3 is 2.48 bits per heavy atom. The Bertz CT molecular complexity index is 664. The minimum Gasteiger partial charge on any atom is -0.482 e. The first-order chi connectivity index (χ1) is 11.0. The van der Waals surface area contributed by atoms with Gasteiger partial charge in [-0.15, -0.1) is 0 Å². The molecule has 0 saturated carbocycles. The summed E-state index contributed by atoms with van der Waals surface area (Å²) in [6.45, 7) is 3.77. The second-order valence-corrected chi connectivity index (χ2v) is 7.72. The van der Waals surface area contributed by atoms with Gasteiger partial charge < -0.3 is 9.47 Å². The monoisotopic (exact) mass is 340 g/mol. The van der Waals surface area contributed by atoms with E-state index in [0.29, 0.717) is 23.7 Å². The van der Waals surface area contributed by atoms with Gasteiger partial charge in [0, 0.05) is 0 Å². The van der Waals surface area contributed by atoms with E-state index in [1.165, 1.54) is 0 Å². The predicted molar refractivity (Wildman–Crippen MR) is 87.6 cm³/mol. The lowest BCUT2D eigenvalue weighted by atomic mass is 9.91. The first-order valence-corrected chi connectivity index (χ1v) is 9.80. The van der Waals surface area contributed by atoms with E-state index in [4.69, 9.17) is 9.47 Å². The summed E-state index contributed by atoms with van der Waals surface area (Å²) in [5, 5.41) is 0. The standard InChI is InChI=1S/C17H24O5S/c1-3-11-23(19,20)16-10-9-15(22-12-17(18)21-4-2)13-7-5-6-8-14(13)16/h9-10H,3-8,11-12H2,1-2H3. The summed E-state index contributed by atoms with van der Waals surface area (Å²) in [7, 11) is -3.26. The van der Waals surface area contributed by atoms with Gasteiger partial charge >= 0.3 is 5.97 Å². The van der Waals surface area contributed by atoms with Gasteiger partial charge in [-0.1, -0.05) is 6.92 Å². The number of carbonyl (C=O) groups is 1. The van der Waals surface area contributed by atoms with Crippen LogP contribution >= 0.6 is 0 Å². The number of benzene rings is 1. The Hall–Kier alpha value is -1.56. The van der Waals surface area contributed by atoms with Crippen molar-refractivity contribution in [2.75, 3.05) is 19.0 Å². The van der Waals surface area contributed by atoms with Crippen LogP contribution in [0.4, 0.5) is 0 Å². The lowest BCUT2D eigenvalue weighted by Gasteiger charge is -2.22. The molecule has 0 atom stereocenters. The lowest BCUT2D eigenvalue weighted by molar-refractivity contribution is -0.145. The maximum absolute atomic E-state index is 12.5. The average Bonchev–Trinajstić information content (AvgIpc) is 2.52. The first kappa shape index (κ1) is 17.8. The van der Waals surface area contributed by atoms with Crippen molar-refractivity contribution in [2.24, 2.45) is 0 Å². The Labute approximate surface area is 137 Å². The van der Waals surface area contributed by atoms with Crippen molar-refractivity contribution >= 4 is 15.8 Å². The molecule has 0 amide bonds. The third-order valence-corrected chi connectivity index (χ3v) is 5.91. The van der Waals surface area contributed by atoms with Gasteiger partial charge in [-0.3, -0.25) is 0 Å². The lowest BCUT2D eigenvalue weighted by Crippen LogP contribution is -2.18. The Morgan fingerprint density at radius 1 is 1.13 bits per heavy atom. The Balaban J connectivity index is 2.31. The fraction of sp³-hybridized carbons (Fsp3) is 0.588. The molecular weight excluding hydrogens is 316 g/mol. The van der Waals surface area contributed by atoms with Crippen LogP contribution in [0.2, 0.25) is 0 Å². The van der Waals surface area contributed by atoms with E-state index in [2.05, 4.69) is 0 Å². The van der Waals surface area contributed by atoms with Gasteiger partial charge in [0.2, 0.25) is 0 Å². The average molecular weight is 340 g/mol. The molecule has 0 fully saturated rings. The zero-order valence-electron chi connectivity index (χ0n) is 13.8. The molecule has 0 N–H and O–H groups in total. The van der Waals surface area contributed by atoms with Crippen LogP contribution < -0.4 is 4.74 Å². The summed E-state index contributed by atoms with van der Waals surface area (Å²) >= 11 is 0. The van der Waals surface area contributed by atoms with Crippen molar-refractivity contribution in [2.45, 2.75) is 50.8 Å². The largest absolute Gasteiger partial charge is 0.482 e. The van der Waals surface area contributed by atoms with E-state index in [9.17, 15) is 13.2 Å². The minimum absolute atomic E-state index is 0.151. The topological polar surface area (TPSA) is 69.7 Å². The number of hydrogen-bond donors (Lipinski definition) is 0. The number of fused-ring (bicyclic) bond motifs is 1. The molecule has 23 heavy (non-hydrogen) atoms. The minimum atomic E-state index is -3.26. The molecular formula is C17H24O5S. The van der Waals surface area contributed by atoms with Crippen molar-refractivity contribution < 1.29 is 22.7 Å². The smallest absolute Gasteiger partial charge is 0.344 e. The Kier molecular flexibility index (Phi) is 6.04. The molecule has 0 radical (unpaired) electrons. The highest BCUT2D eigenvalue weighted by molar-refractivity contribution is 7.91. The molecule has 0 spiro atoms. The van der Waals surface area contributed by atoms with E-state index in [1.807, 2.05) is 6.92 Å². The van der Waals surface area contributed by atoms with E-state index in [0.717, 1.165) is 36.8 Å². The molecule has 1 aromatic carbocycles. The highest BCUT2D eigenvalue weighted by atomic mass is 32.2. The zero-order valence-corrected chi connectivity index (χ0v) is 14.6.